The second-order valence-corrected chi connectivity index (χ2v) is 9.74. The number of rotatable bonds is 8. The molecule has 0 aromatic heterocycles. The largest absolute Gasteiger partial charge is 0.492 e. The number of nitrogens with one attached hydrogen (secondary N) is 1. The maximum Gasteiger partial charge on any atom is 0.246 e. The number of carbonyl (C=O) groups excluding carboxylic acids is 2. The van der Waals surface area contributed by atoms with Crippen molar-refractivity contribution in [3.05, 3.63) is 64.4 Å². The second kappa shape index (κ2) is 12.2. The first-order valence-corrected chi connectivity index (χ1v) is 12.2. The van der Waals surface area contributed by atoms with Crippen LogP contribution in [0.5, 0.6) is 5.75 Å². The molecule has 6 nitrogen and oxygen atoms in total. The van der Waals surface area contributed by atoms with Gasteiger partial charge in [0.1, 0.15) is 11.6 Å². The molecule has 1 fully saturated rings. The average Bonchev–Trinajstić information content (AvgIpc) is 2.78. The van der Waals surface area contributed by atoms with Gasteiger partial charge >= 0.3 is 0 Å². The molecule has 35 heavy (non-hydrogen) atoms. The summed E-state index contributed by atoms with van der Waals surface area (Å²) in [7, 11) is 0. The monoisotopic (exact) mass is 501 g/mol. The molecule has 188 valence electrons. The molecule has 0 saturated carbocycles. The predicted molar refractivity (Wildman–Crippen MR) is 138 cm³/mol. The van der Waals surface area contributed by atoms with Crippen LogP contribution < -0.4 is 10.1 Å². The number of benzene rings is 2. The van der Waals surface area contributed by atoms with Crippen LogP contribution in [0.1, 0.15) is 38.8 Å². The van der Waals surface area contributed by atoms with Crippen molar-refractivity contribution in [2.45, 2.75) is 40.3 Å². The zero-order valence-corrected chi connectivity index (χ0v) is 21.4. The zero-order valence-electron chi connectivity index (χ0n) is 20.7. The Morgan fingerprint density at radius 1 is 1.23 bits per heavy atom. The number of piperazine rings is 1. The summed E-state index contributed by atoms with van der Waals surface area (Å²) < 4.78 is 19.0. The maximum absolute atomic E-state index is 13.2. The molecule has 0 spiro atoms. The topological polar surface area (TPSA) is 61.9 Å². The summed E-state index contributed by atoms with van der Waals surface area (Å²) in [5, 5.41) is 3.16. The summed E-state index contributed by atoms with van der Waals surface area (Å²) in [6.07, 6.45) is 3.21. The number of hydrogen-bond donors (Lipinski definition) is 1. The van der Waals surface area contributed by atoms with Crippen LogP contribution in [0.3, 0.4) is 0 Å². The highest BCUT2D eigenvalue weighted by Gasteiger charge is 2.26. The average molecular weight is 502 g/mol. The molecule has 1 aliphatic heterocycles. The number of nitrogens with zero attached hydrogens (tertiary/aromatic N) is 2. The molecule has 1 atom stereocenters. The van der Waals surface area contributed by atoms with E-state index >= 15 is 0 Å². The number of amides is 2. The first-order chi connectivity index (χ1) is 16.6. The Balaban J connectivity index is 1.69. The smallest absolute Gasteiger partial charge is 0.246 e. The van der Waals surface area contributed by atoms with Gasteiger partial charge in [-0.1, -0.05) is 37.6 Å². The van der Waals surface area contributed by atoms with Crippen molar-refractivity contribution >= 4 is 35.2 Å². The van der Waals surface area contributed by atoms with Gasteiger partial charge in [-0.05, 0) is 48.7 Å². The summed E-state index contributed by atoms with van der Waals surface area (Å²) >= 11 is 6.35. The van der Waals surface area contributed by atoms with Gasteiger partial charge in [-0.25, -0.2) is 4.39 Å². The zero-order chi connectivity index (χ0) is 25.5. The van der Waals surface area contributed by atoms with Crippen LogP contribution in [0.15, 0.2) is 42.5 Å². The Kier molecular flexibility index (Phi) is 9.29. The minimum atomic E-state index is -0.245. The third kappa shape index (κ3) is 7.80. The van der Waals surface area contributed by atoms with E-state index < -0.39 is 0 Å². The maximum atomic E-state index is 13.2. The molecule has 0 radical (unpaired) electrons. The number of anilines is 1. The Morgan fingerprint density at radius 2 is 1.94 bits per heavy atom. The third-order valence-electron chi connectivity index (χ3n) is 5.71. The summed E-state index contributed by atoms with van der Waals surface area (Å²) in [5.41, 5.74) is 2.20. The lowest BCUT2D eigenvalue weighted by atomic mass is 10.1. The fraction of sp³-hybridized carbons (Fsp3) is 0.407. The number of ether oxygens (including phenoxy) is 1. The van der Waals surface area contributed by atoms with Crippen LogP contribution in [0, 0.1) is 11.7 Å². The van der Waals surface area contributed by atoms with Crippen LogP contribution in [0.25, 0.3) is 6.08 Å². The minimum Gasteiger partial charge on any atom is -0.492 e. The number of carbonyl (C=O) groups is 2. The summed E-state index contributed by atoms with van der Waals surface area (Å²) in [6, 6.07) is 9.91. The third-order valence-corrected chi connectivity index (χ3v) is 6.00. The molecule has 8 heteroatoms. The van der Waals surface area contributed by atoms with Crippen LogP contribution >= 0.6 is 11.6 Å². The van der Waals surface area contributed by atoms with Crippen molar-refractivity contribution in [1.29, 1.82) is 0 Å². The Labute approximate surface area is 211 Å². The Morgan fingerprint density at radius 3 is 2.57 bits per heavy atom. The van der Waals surface area contributed by atoms with E-state index in [2.05, 4.69) is 10.2 Å². The lowest BCUT2D eigenvalue weighted by Gasteiger charge is -2.39. The van der Waals surface area contributed by atoms with Gasteiger partial charge in [-0.15, -0.1) is 0 Å². The Bertz CT molecular complexity index is 1070. The standard InChI is InChI=1S/C27H33ClFN3O3/c1-18(2)17-35-26-13-22(25(14-24(26)28)30-20(4)33)7-10-27(34)32-12-11-31(15-19(32)3)16-21-5-8-23(29)9-6-21/h5-10,13-14,18-19H,11-12,15-17H2,1-4H3,(H,30,33)/b10-7+/t19-/m1/s1. The predicted octanol–water partition coefficient (Wildman–Crippen LogP) is 5.22. The fourth-order valence-corrected chi connectivity index (χ4v) is 4.20. The van der Waals surface area contributed by atoms with Crippen molar-refractivity contribution in [3.8, 4) is 5.75 Å². The van der Waals surface area contributed by atoms with Gasteiger partial charge in [-0.2, -0.15) is 0 Å². The highest BCUT2D eigenvalue weighted by atomic mass is 35.5. The summed E-state index contributed by atoms with van der Waals surface area (Å²) in [6.45, 7) is 10.8. The first-order valence-electron chi connectivity index (χ1n) is 11.8. The molecule has 3 rings (SSSR count). The normalized spacial score (nSPS) is 16.7. The van der Waals surface area contributed by atoms with E-state index in [0.29, 0.717) is 47.6 Å². The molecule has 0 unspecified atom stereocenters. The van der Waals surface area contributed by atoms with Crippen LogP contribution in [0.2, 0.25) is 5.02 Å². The Hall–Kier alpha value is -2.90. The highest BCUT2D eigenvalue weighted by molar-refractivity contribution is 6.32. The van der Waals surface area contributed by atoms with E-state index in [1.54, 1.807) is 30.3 Å². The van der Waals surface area contributed by atoms with Crippen molar-refractivity contribution in [1.82, 2.24) is 9.80 Å². The molecular weight excluding hydrogens is 469 g/mol. The van der Waals surface area contributed by atoms with Gasteiger partial charge in [0, 0.05) is 56.5 Å². The molecular formula is C27H33ClFN3O3. The van der Waals surface area contributed by atoms with Gasteiger partial charge in [0.25, 0.3) is 0 Å². The van der Waals surface area contributed by atoms with Gasteiger partial charge in [-0.3, -0.25) is 14.5 Å². The van der Waals surface area contributed by atoms with Crippen molar-refractivity contribution in [3.63, 3.8) is 0 Å². The van der Waals surface area contributed by atoms with Crippen molar-refractivity contribution in [2.75, 3.05) is 31.6 Å². The molecule has 2 amide bonds. The van der Waals surface area contributed by atoms with E-state index in [-0.39, 0.29) is 23.7 Å². The molecule has 1 N–H and O–H groups in total. The van der Waals surface area contributed by atoms with Crippen molar-refractivity contribution < 1.29 is 18.7 Å². The van der Waals surface area contributed by atoms with Gasteiger partial charge < -0.3 is 15.0 Å². The van der Waals surface area contributed by atoms with Crippen LogP contribution in [0.4, 0.5) is 10.1 Å². The van der Waals surface area contributed by atoms with E-state index in [4.69, 9.17) is 16.3 Å². The SMILES string of the molecule is CC(=O)Nc1cc(Cl)c(OCC(C)C)cc1/C=C/C(=O)N1CCN(Cc2ccc(F)cc2)C[C@H]1C. The molecule has 1 aliphatic rings. The van der Waals surface area contributed by atoms with E-state index in [1.165, 1.54) is 25.1 Å². The molecule has 0 aliphatic carbocycles. The molecule has 1 saturated heterocycles. The lowest BCUT2D eigenvalue weighted by molar-refractivity contribution is -0.130. The van der Waals surface area contributed by atoms with E-state index in [0.717, 1.165) is 18.7 Å². The highest BCUT2D eigenvalue weighted by Crippen LogP contribution is 2.32. The van der Waals surface area contributed by atoms with E-state index in [9.17, 15) is 14.0 Å². The summed E-state index contributed by atoms with van der Waals surface area (Å²) in [4.78, 5) is 28.8. The van der Waals surface area contributed by atoms with Gasteiger partial charge in [0.2, 0.25) is 11.8 Å². The summed E-state index contributed by atoms with van der Waals surface area (Å²) in [5.74, 6) is 0.246. The van der Waals surface area contributed by atoms with Gasteiger partial charge in [0.05, 0.1) is 11.6 Å². The fourth-order valence-electron chi connectivity index (χ4n) is 3.98. The quantitative estimate of drug-likeness (QED) is 0.504. The molecule has 0 bridgehead atoms. The molecule has 2 aromatic rings. The minimum absolute atomic E-state index is 0.0197. The molecule has 1 heterocycles. The van der Waals surface area contributed by atoms with E-state index in [1.807, 2.05) is 25.7 Å². The lowest BCUT2D eigenvalue weighted by Crippen LogP contribution is -2.53. The first kappa shape index (κ1) is 26.7. The number of hydrogen-bond acceptors (Lipinski definition) is 4. The second-order valence-electron chi connectivity index (χ2n) is 9.33. The van der Waals surface area contributed by atoms with Crippen molar-refractivity contribution in [2.24, 2.45) is 5.92 Å². The molecule has 2 aromatic carbocycles. The van der Waals surface area contributed by atoms with Gasteiger partial charge in [0.15, 0.2) is 0 Å². The number of halogens is 2. The van der Waals surface area contributed by atoms with Crippen LogP contribution in [-0.4, -0.2) is 53.9 Å². The van der Waals surface area contributed by atoms with Crippen LogP contribution in [-0.2, 0) is 16.1 Å².